The molecule has 8 heteroatoms. The molecule has 1 unspecified atom stereocenters. The lowest BCUT2D eigenvalue weighted by Gasteiger charge is -2.27. The summed E-state index contributed by atoms with van der Waals surface area (Å²) < 4.78 is 4.48. The van der Waals surface area contributed by atoms with Crippen molar-refractivity contribution in [3.05, 3.63) is 53.5 Å². The third kappa shape index (κ3) is 4.65. The molecule has 0 saturated heterocycles. The van der Waals surface area contributed by atoms with E-state index >= 15 is 0 Å². The fourth-order valence-electron chi connectivity index (χ4n) is 4.28. The molecule has 0 spiro atoms. The minimum absolute atomic E-state index is 0.131. The van der Waals surface area contributed by atoms with E-state index in [2.05, 4.69) is 95.5 Å². The highest BCUT2D eigenvalue weighted by Gasteiger charge is 2.29. The van der Waals surface area contributed by atoms with Gasteiger partial charge in [0.15, 0.2) is 11.7 Å². The van der Waals surface area contributed by atoms with Crippen LogP contribution in [-0.4, -0.2) is 54.7 Å². The van der Waals surface area contributed by atoms with Crippen molar-refractivity contribution in [3.63, 3.8) is 0 Å². The summed E-state index contributed by atoms with van der Waals surface area (Å²) in [6, 6.07) is 8.47. The number of para-hydroxylation sites is 2. The molecular weight excluding hydrogens is 412 g/mol. The van der Waals surface area contributed by atoms with Gasteiger partial charge in [-0.2, -0.15) is 0 Å². The summed E-state index contributed by atoms with van der Waals surface area (Å²) in [7, 11) is 2.16. The summed E-state index contributed by atoms with van der Waals surface area (Å²) in [6.45, 7) is 15.2. The first kappa shape index (κ1) is 23.0. The fourth-order valence-corrected chi connectivity index (χ4v) is 4.28. The van der Waals surface area contributed by atoms with Crippen molar-refractivity contribution >= 4 is 16.9 Å². The van der Waals surface area contributed by atoms with Gasteiger partial charge in [-0.25, -0.2) is 4.98 Å². The van der Waals surface area contributed by atoms with Crippen LogP contribution in [0.3, 0.4) is 0 Å². The van der Waals surface area contributed by atoms with Crippen molar-refractivity contribution in [1.82, 2.24) is 34.5 Å². The molecule has 33 heavy (non-hydrogen) atoms. The quantitative estimate of drug-likeness (QED) is 0.593. The van der Waals surface area contributed by atoms with E-state index in [9.17, 15) is 0 Å². The lowest BCUT2D eigenvalue weighted by atomic mass is 10.1. The molecule has 0 saturated carbocycles. The molecule has 3 aromatic rings. The number of allylic oxidation sites excluding steroid dienone is 2. The second-order valence-electron chi connectivity index (χ2n) is 9.44. The minimum Gasteiger partial charge on any atom is -0.377 e. The lowest BCUT2D eigenvalue weighted by Crippen LogP contribution is -2.37. The molecule has 8 nitrogen and oxygen atoms in total. The van der Waals surface area contributed by atoms with Gasteiger partial charge >= 0.3 is 0 Å². The molecule has 1 aromatic carbocycles. The van der Waals surface area contributed by atoms with Crippen molar-refractivity contribution in [3.8, 4) is 0 Å². The zero-order valence-corrected chi connectivity index (χ0v) is 20.9. The molecule has 1 N–H and O–H groups in total. The van der Waals surface area contributed by atoms with Crippen LogP contribution in [0, 0.1) is 12.8 Å². The number of amidine groups is 1. The third-order valence-electron chi connectivity index (χ3n) is 6.01. The highest BCUT2D eigenvalue weighted by Crippen LogP contribution is 2.29. The second-order valence-corrected chi connectivity index (χ2v) is 9.44. The van der Waals surface area contributed by atoms with E-state index in [1.165, 1.54) is 5.70 Å². The number of likely N-dealkylation sites (N-methyl/N-ethyl adjacent to an activating group) is 1. The Morgan fingerprint density at radius 3 is 2.67 bits per heavy atom. The first-order chi connectivity index (χ1) is 15.8. The number of nitrogens with zero attached hydrogens (tertiary/aromatic N) is 7. The van der Waals surface area contributed by atoms with Gasteiger partial charge in [0.05, 0.1) is 24.1 Å². The van der Waals surface area contributed by atoms with E-state index in [1.54, 1.807) is 0 Å². The van der Waals surface area contributed by atoms with Crippen LogP contribution in [0.15, 0.2) is 41.0 Å². The predicted octanol–water partition coefficient (Wildman–Crippen LogP) is 3.93. The van der Waals surface area contributed by atoms with Crippen LogP contribution in [0.1, 0.15) is 58.1 Å². The van der Waals surface area contributed by atoms with Crippen LogP contribution in [0.25, 0.3) is 11.0 Å². The molecule has 4 rings (SSSR count). The van der Waals surface area contributed by atoms with Crippen LogP contribution in [0.5, 0.6) is 0 Å². The Kier molecular flexibility index (Phi) is 6.54. The normalized spacial score (nSPS) is 16.5. The van der Waals surface area contributed by atoms with E-state index in [0.717, 1.165) is 47.4 Å². The summed E-state index contributed by atoms with van der Waals surface area (Å²) in [5.41, 5.74) is 3.42. The smallest absolute Gasteiger partial charge is 0.199 e. The van der Waals surface area contributed by atoms with Crippen LogP contribution >= 0.6 is 0 Å². The maximum absolute atomic E-state index is 5.10. The van der Waals surface area contributed by atoms with Gasteiger partial charge in [-0.3, -0.25) is 4.99 Å². The molecule has 0 bridgehead atoms. The van der Waals surface area contributed by atoms with Crippen LogP contribution in [0.4, 0.5) is 0 Å². The van der Waals surface area contributed by atoms with E-state index in [1.807, 2.05) is 13.0 Å². The van der Waals surface area contributed by atoms with Gasteiger partial charge in [-0.05, 0) is 45.7 Å². The van der Waals surface area contributed by atoms with Gasteiger partial charge in [0, 0.05) is 25.3 Å². The molecule has 2 aromatic heterocycles. The Bertz CT molecular complexity index is 1180. The van der Waals surface area contributed by atoms with Crippen LogP contribution in [0.2, 0.25) is 0 Å². The van der Waals surface area contributed by atoms with Gasteiger partial charge in [-0.1, -0.05) is 32.1 Å². The largest absolute Gasteiger partial charge is 0.377 e. The van der Waals surface area contributed by atoms with Crippen molar-refractivity contribution < 1.29 is 0 Å². The van der Waals surface area contributed by atoms with E-state index in [0.29, 0.717) is 12.5 Å². The first-order valence-electron chi connectivity index (χ1n) is 11.9. The highest BCUT2D eigenvalue weighted by molar-refractivity contribution is 5.96. The summed E-state index contributed by atoms with van der Waals surface area (Å²) >= 11 is 0. The summed E-state index contributed by atoms with van der Waals surface area (Å²) in [5, 5.41) is 12.2. The van der Waals surface area contributed by atoms with Gasteiger partial charge in [0.1, 0.15) is 17.7 Å². The maximum Gasteiger partial charge on any atom is 0.199 e. The standard InChI is InChI=1S/C25H36N8/c1-8-31(7)19(13-16(2)3)14-33-22-12-10-9-11-20(22)28-24(33)21-15-32-18(6)29-30-25(32)23(27-21)26-17(4)5/h9-13,16-17,21H,8,14-15H2,1-7H3,(H,26,27). The molecular formula is C25H36N8. The third-order valence-corrected chi connectivity index (χ3v) is 6.01. The lowest BCUT2D eigenvalue weighted by molar-refractivity contribution is 0.402. The zero-order valence-electron chi connectivity index (χ0n) is 20.9. The van der Waals surface area contributed by atoms with E-state index in [4.69, 9.17) is 9.98 Å². The number of aryl methyl sites for hydroxylation is 1. The van der Waals surface area contributed by atoms with Crippen molar-refractivity contribution in [2.45, 2.75) is 66.7 Å². The Morgan fingerprint density at radius 1 is 1.21 bits per heavy atom. The van der Waals surface area contributed by atoms with Gasteiger partial charge in [0.2, 0.25) is 0 Å². The molecule has 3 heterocycles. The van der Waals surface area contributed by atoms with Crippen molar-refractivity contribution in [2.75, 3.05) is 13.6 Å². The van der Waals surface area contributed by atoms with Crippen LogP contribution < -0.4 is 5.32 Å². The number of benzene rings is 1. The number of nitrogens with one attached hydrogen (secondary N) is 1. The Labute approximate surface area is 196 Å². The topological polar surface area (TPSA) is 76.2 Å². The van der Waals surface area contributed by atoms with Gasteiger partial charge in [0.25, 0.3) is 0 Å². The number of rotatable bonds is 7. The van der Waals surface area contributed by atoms with E-state index < -0.39 is 0 Å². The molecule has 0 fully saturated rings. The Balaban J connectivity index is 1.83. The monoisotopic (exact) mass is 448 g/mol. The average molecular weight is 449 g/mol. The zero-order chi connectivity index (χ0) is 23.7. The highest BCUT2D eigenvalue weighted by atomic mass is 15.3. The second kappa shape index (κ2) is 9.37. The molecule has 1 aliphatic rings. The molecule has 176 valence electrons. The Hall–Kier alpha value is -3.16. The summed E-state index contributed by atoms with van der Waals surface area (Å²) in [6.07, 6.45) is 2.35. The number of aliphatic imine (C=N–C) groups is 1. The summed E-state index contributed by atoms with van der Waals surface area (Å²) in [4.78, 5) is 12.5. The number of hydrogen-bond donors (Lipinski definition) is 1. The van der Waals surface area contributed by atoms with Gasteiger partial charge in [-0.15, -0.1) is 10.2 Å². The maximum atomic E-state index is 5.10. The number of imidazole rings is 1. The SMILES string of the molecule is CCN(C)C(=CC(C)C)Cn1c(C2Cn3c(C)nnc3C(NC(C)C)=N2)nc2ccccc21. The molecule has 0 aliphatic carbocycles. The number of hydrogen-bond acceptors (Lipinski definition) is 6. The average Bonchev–Trinajstić information content (AvgIpc) is 3.33. The predicted molar refractivity (Wildman–Crippen MR) is 133 cm³/mol. The Morgan fingerprint density at radius 2 is 1.97 bits per heavy atom. The number of aromatic nitrogens is 5. The minimum atomic E-state index is -0.131. The molecule has 0 radical (unpaired) electrons. The fraction of sp³-hybridized carbons (Fsp3) is 0.520. The molecule has 0 amide bonds. The van der Waals surface area contributed by atoms with Crippen molar-refractivity contribution in [2.24, 2.45) is 10.9 Å². The van der Waals surface area contributed by atoms with Crippen LogP contribution in [-0.2, 0) is 13.1 Å². The van der Waals surface area contributed by atoms with Gasteiger partial charge < -0.3 is 19.4 Å². The van der Waals surface area contributed by atoms with E-state index in [-0.39, 0.29) is 12.1 Å². The summed E-state index contributed by atoms with van der Waals surface area (Å²) in [5.74, 6) is 3.90. The number of fused-ring (bicyclic) bond motifs is 2. The van der Waals surface area contributed by atoms with Crippen molar-refractivity contribution in [1.29, 1.82) is 0 Å². The first-order valence-corrected chi connectivity index (χ1v) is 11.9. The molecule has 1 atom stereocenters. The molecule has 1 aliphatic heterocycles.